The second-order valence-corrected chi connectivity index (χ2v) is 8.26. The van der Waals surface area contributed by atoms with Crippen LogP contribution in [-0.2, 0) is 14.4 Å². The highest BCUT2D eigenvalue weighted by atomic mass is 79.9. The molecule has 1 fully saturated rings. The number of anilines is 2. The summed E-state index contributed by atoms with van der Waals surface area (Å²) in [5, 5.41) is 2.77. The Labute approximate surface area is 178 Å². The number of nitrogens with zero attached hydrogens (tertiary/aromatic N) is 2. The summed E-state index contributed by atoms with van der Waals surface area (Å²) in [6, 6.07) is 15.3. The number of benzene rings is 2. The van der Waals surface area contributed by atoms with Crippen LogP contribution >= 0.6 is 15.9 Å². The summed E-state index contributed by atoms with van der Waals surface area (Å²) in [5.74, 6) is -0.447. The molecule has 0 spiro atoms. The van der Waals surface area contributed by atoms with E-state index in [9.17, 15) is 14.4 Å². The molecule has 0 saturated carbocycles. The Kier molecular flexibility index (Phi) is 5.67. The molecule has 1 saturated heterocycles. The van der Waals surface area contributed by atoms with E-state index >= 15 is 0 Å². The number of para-hydroxylation sites is 2. The normalized spacial score (nSPS) is 18.4. The molecule has 2 heterocycles. The summed E-state index contributed by atoms with van der Waals surface area (Å²) < 4.78 is 1.01. The summed E-state index contributed by atoms with van der Waals surface area (Å²) >= 11 is 3.44. The summed E-state index contributed by atoms with van der Waals surface area (Å²) in [6.45, 7) is 0.692. The molecule has 4 rings (SSSR count). The monoisotopic (exact) mass is 455 g/mol. The van der Waals surface area contributed by atoms with Gasteiger partial charge in [-0.3, -0.25) is 14.4 Å². The SMILES string of the molecule is O=C1CN(C(=O)CCC(=O)N2CCCC2c2ccc(Br)cc2)c2ccccc2N1. The van der Waals surface area contributed by atoms with E-state index in [-0.39, 0.29) is 43.1 Å². The van der Waals surface area contributed by atoms with Crippen molar-refractivity contribution in [3.63, 3.8) is 0 Å². The smallest absolute Gasteiger partial charge is 0.244 e. The molecular formula is C22H22BrN3O3. The molecule has 7 heteroatoms. The van der Waals surface area contributed by atoms with E-state index in [1.165, 1.54) is 4.90 Å². The fourth-order valence-electron chi connectivity index (χ4n) is 4.04. The van der Waals surface area contributed by atoms with E-state index in [0.29, 0.717) is 17.9 Å². The van der Waals surface area contributed by atoms with Gasteiger partial charge < -0.3 is 15.1 Å². The lowest BCUT2D eigenvalue weighted by Crippen LogP contribution is -2.42. The van der Waals surface area contributed by atoms with E-state index in [4.69, 9.17) is 0 Å². The van der Waals surface area contributed by atoms with Crippen LogP contribution in [0.25, 0.3) is 0 Å². The number of hydrogen-bond acceptors (Lipinski definition) is 3. The first-order chi connectivity index (χ1) is 14.0. The molecule has 0 aromatic heterocycles. The number of likely N-dealkylation sites (tertiary alicyclic amines) is 1. The van der Waals surface area contributed by atoms with Crippen molar-refractivity contribution in [1.82, 2.24) is 4.90 Å². The molecule has 0 bridgehead atoms. The Bertz CT molecular complexity index is 945. The van der Waals surface area contributed by atoms with E-state index in [1.807, 2.05) is 41.3 Å². The van der Waals surface area contributed by atoms with Gasteiger partial charge in [0, 0.05) is 23.9 Å². The maximum absolute atomic E-state index is 12.9. The van der Waals surface area contributed by atoms with E-state index in [0.717, 1.165) is 22.9 Å². The predicted octanol–water partition coefficient (Wildman–Crippen LogP) is 3.88. The Hall–Kier alpha value is -2.67. The second kappa shape index (κ2) is 8.37. The van der Waals surface area contributed by atoms with E-state index < -0.39 is 0 Å². The third-order valence-electron chi connectivity index (χ3n) is 5.45. The van der Waals surface area contributed by atoms with Crippen molar-refractivity contribution in [2.75, 3.05) is 23.3 Å². The van der Waals surface area contributed by atoms with Gasteiger partial charge in [0.05, 0.1) is 17.4 Å². The number of nitrogens with one attached hydrogen (secondary N) is 1. The topological polar surface area (TPSA) is 69.7 Å². The Morgan fingerprint density at radius 3 is 2.55 bits per heavy atom. The molecule has 1 unspecified atom stereocenters. The van der Waals surface area contributed by atoms with Crippen molar-refractivity contribution in [3.8, 4) is 0 Å². The van der Waals surface area contributed by atoms with Gasteiger partial charge in [0.1, 0.15) is 6.54 Å². The fraction of sp³-hybridized carbons (Fsp3) is 0.318. The predicted molar refractivity (Wildman–Crippen MR) is 114 cm³/mol. The Morgan fingerprint density at radius 2 is 1.76 bits per heavy atom. The number of hydrogen-bond donors (Lipinski definition) is 1. The highest BCUT2D eigenvalue weighted by Gasteiger charge is 2.31. The third-order valence-corrected chi connectivity index (χ3v) is 5.98. The van der Waals surface area contributed by atoms with Gasteiger partial charge in [-0.2, -0.15) is 0 Å². The number of carbonyl (C=O) groups is 3. The zero-order valence-electron chi connectivity index (χ0n) is 15.9. The molecule has 1 atom stereocenters. The number of amides is 3. The largest absolute Gasteiger partial charge is 0.336 e. The van der Waals surface area contributed by atoms with Crippen molar-refractivity contribution in [1.29, 1.82) is 0 Å². The van der Waals surface area contributed by atoms with Gasteiger partial charge in [-0.1, -0.05) is 40.2 Å². The fourth-order valence-corrected chi connectivity index (χ4v) is 4.31. The first-order valence-corrected chi connectivity index (χ1v) is 10.6. The molecule has 2 aliphatic heterocycles. The minimum Gasteiger partial charge on any atom is -0.336 e. The minimum absolute atomic E-state index is 0.0153. The van der Waals surface area contributed by atoms with Gasteiger partial charge >= 0.3 is 0 Å². The molecule has 0 radical (unpaired) electrons. The molecule has 150 valence electrons. The highest BCUT2D eigenvalue weighted by molar-refractivity contribution is 9.10. The Morgan fingerprint density at radius 1 is 1.03 bits per heavy atom. The molecule has 29 heavy (non-hydrogen) atoms. The molecule has 2 aliphatic rings. The number of rotatable bonds is 4. The highest BCUT2D eigenvalue weighted by Crippen LogP contribution is 2.34. The third kappa shape index (κ3) is 4.19. The lowest BCUT2D eigenvalue weighted by atomic mass is 10.0. The van der Waals surface area contributed by atoms with Crippen molar-refractivity contribution in [3.05, 3.63) is 58.6 Å². The van der Waals surface area contributed by atoms with Crippen LogP contribution in [-0.4, -0.2) is 35.7 Å². The number of halogens is 1. The van der Waals surface area contributed by atoms with Crippen LogP contribution in [0.4, 0.5) is 11.4 Å². The van der Waals surface area contributed by atoms with Crippen LogP contribution < -0.4 is 10.2 Å². The number of fused-ring (bicyclic) bond motifs is 1. The maximum Gasteiger partial charge on any atom is 0.244 e. The van der Waals surface area contributed by atoms with Gasteiger partial charge in [-0.05, 0) is 42.7 Å². The van der Waals surface area contributed by atoms with Crippen molar-refractivity contribution in [2.24, 2.45) is 0 Å². The zero-order chi connectivity index (χ0) is 20.4. The molecular weight excluding hydrogens is 434 g/mol. The Balaban J connectivity index is 1.41. The lowest BCUT2D eigenvalue weighted by Gasteiger charge is -2.29. The van der Waals surface area contributed by atoms with Gasteiger partial charge in [-0.15, -0.1) is 0 Å². The minimum atomic E-state index is -0.224. The first-order valence-electron chi connectivity index (χ1n) is 9.77. The summed E-state index contributed by atoms with van der Waals surface area (Å²) in [4.78, 5) is 40.9. The quantitative estimate of drug-likeness (QED) is 0.760. The summed E-state index contributed by atoms with van der Waals surface area (Å²) in [6.07, 6.45) is 2.12. The van der Waals surface area contributed by atoms with E-state index in [2.05, 4.69) is 21.2 Å². The first kappa shape index (κ1) is 19.6. The van der Waals surface area contributed by atoms with Gasteiger partial charge in [0.15, 0.2) is 0 Å². The van der Waals surface area contributed by atoms with Crippen LogP contribution in [0.5, 0.6) is 0 Å². The van der Waals surface area contributed by atoms with Gasteiger partial charge in [0.2, 0.25) is 17.7 Å². The van der Waals surface area contributed by atoms with Crippen molar-refractivity contribution in [2.45, 2.75) is 31.7 Å². The van der Waals surface area contributed by atoms with Gasteiger partial charge in [0.25, 0.3) is 0 Å². The summed E-state index contributed by atoms with van der Waals surface area (Å²) in [7, 11) is 0. The maximum atomic E-state index is 12.9. The van der Waals surface area contributed by atoms with Crippen LogP contribution in [0.15, 0.2) is 53.0 Å². The van der Waals surface area contributed by atoms with E-state index in [1.54, 1.807) is 12.1 Å². The van der Waals surface area contributed by atoms with Crippen molar-refractivity contribution >= 4 is 45.0 Å². The second-order valence-electron chi connectivity index (χ2n) is 7.34. The average Bonchev–Trinajstić information content (AvgIpc) is 3.21. The molecule has 0 aliphatic carbocycles. The van der Waals surface area contributed by atoms with Crippen LogP contribution in [0.3, 0.4) is 0 Å². The number of carbonyl (C=O) groups excluding carboxylic acids is 3. The standard InChI is InChI=1S/C22H22BrN3O3/c23-16-9-7-15(8-10-16)18-6-3-13-25(18)21(28)11-12-22(29)26-14-20(27)24-17-4-1-2-5-19(17)26/h1-2,4-5,7-10,18H,3,6,11-14H2,(H,24,27). The van der Waals surface area contributed by atoms with Crippen molar-refractivity contribution < 1.29 is 14.4 Å². The molecule has 2 aromatic carbocycles. The average molecular weight is 456 g/mol. The summed E-state index contributed by atoms with van der Waals surface area (Å²) in [5.41, 5.74) is 2.42. The molecule has 2 aromatic rings. The van der Waals surface area contributed by atoms with Gasteiger partial charge in [-0.25, -0.2) is 0 Å². The molecule has 6 nitrogen and oxygen atoms in total. The molecule has 1 N–H and O–H groups in total. The van der Waals surface area contributed by atoms with Crippen LogP contribution in [0, 0.1) is 0 Å². The zero-order valence-corrected chi connectivity index (χ0v) is 17.5. The van der Waals surface area contributed by atoms with Crippen LogP contribution in [0.1, 0.15) is 37.3 Å². The lowest BCUT2D eigenvalue weighted by molar-refractivity contribution is -0.134. The van der Waals surface area contributed by atoms with Crippen LogP contribution in [0.2, 0.25) is 0 Å². The molecule has 3 amide bonds.